The molecule has 0 radical (unpaired) electrons. The number of benzene rings is 3. The summed E-state index contributed by atoms with van der Waals surface area (Å²) >= 11 is 2.06. The highest BCUT2D eigenvalue weighted by Crippen LogP contribution is 2.49. The van der Waals surface area contributed by atoms with Crippen molar-refractivity contribution >= 4 is 63.1 Å². The Kier molecular flexibility index (Phi) is 11.2. The maximum absolute atomic E-state index is 14.1. The average Bonchev–Trinajstić information content (AvgIpc) is 3.39. The number of pyridine rings is 1. The van der Waals surface area contributed by atoms with E-state index < -0.39 is 23.9 Å². The number of hydrogen-bond acceptors (Lipinski definition) is 8. The lowest BCUT2D eigenvalue weighted by Gasteiger charge is -2.38. The summed E-state index contributed by atoms with van der Waals surface area (Å²) in [5.41, 5.74) is 6.20. The van der Waals surface area contributed by atoms with Gasteiger partial charge in [0, 0.05) is 23.5 Å². The molecule has 4 N–H and O–H groups in total. The van der Waals surface area contributed by atoms with Gasteiger partial charge < -0.3 is 25.4 Å². The van der Waals surface area contributed by atoms with E-state index in [0.29, 0.717) is 39.8 Å². The van der Waals surface area contributed by atoms with Gasteiger partial charge in [-0.1, -0.05) is 43.7 Å². The number of rotatable bonds is 12. The van der Waals surface area contributed by atoms with E-state index in [2.05, 4.69) is 32.9 Å². The monoisotopic (exact) mass is 799 g/mol. The Balaban J connectivity index is 1.26. The predicted octanol–water partition coefficient (Wildman–Crippen LogP) is 7.60. The Hall–Kier alpha value is -4.52. The highest BCUT2D eigenvalue weighted by molar-refractivity contribution is 14.1. The molecule has 0 unspecified atom stereocenters. The van der Waals surface area contributed by atoms with E-state index in [-0.39, 0.29) is 30.1 Å². The molecule has 1 saturated heterocycles. The van der Waals surface area contributed by atoms with Crippen molar-refractivity contribution < 1.29 is 29.6 Å². The summed E-state index contributed by atoms with van der Waals surface area (Å²) < 4.78 is 6.01. The topological polar surface area (TPSA) is 132 Å². The lowest BCUT2D eigenvalue weighted by molar-refractivity contribution is -0.123. The summed E-state index contributed by atoms with van der Waals surface area (Å²) in [6.07, 6.45) is 3.79. The first kappa shape index (κ1) is 36.3. The van der Waals surface area contributed by atoms with E-state index in [4.69, 9.17) is 4.74 Å². The molecule has 0 spiro atoms. The molecule has 1 aliphatic heterocycles. The minimum atomic E-state index is -0.970. The van der Waals surface area contributed by atoms with E-state index in [9.17, 15) is 24.9 Å². The first-order valence-corrected chi connectivity index (χ1v) is 18.2. The van der Waals surface area contributed by atoms with Gasteiger partial charge in [-0.05, 0) is 131 Å². The number of nitrogens with one attached hydrogen (secondary N) is 1. The van der Waals surface area contributed by atoms with Crippen LogP contribution in [0, 0.1) is 27.2 Å². The standard InChI is InChI=1S/C41H42IN3O6/c1-24(2)30-22-31-38(41(50)45(40(31)49)29-15-13-28(14-16-29)44-27-9-5-4-6-10-27)32(23-46)37(30)35(47)17-12-26(34-11-7-8-18-43-34)19-25-20-33(42)39(48)36(21-25)51-3/h4-11,13-16,18-21,24,31-32,35,38,44,46-48H,12,17,22-23H2,1-3H3/b26-19-/t31-,32+,35-,38-/m1/s1. The summed E-state index contributed by atoms with van der Waals surface area (Å²) in [4.78, 5) is 33.9. The SMILES string of the molecule is COc1cc(/C=C(/CC[C@@H](O)C2=C(C(C)C)C[C@H]3C(=O)N(c4ccc(Nc5ccccc5)cc4)C(=O)[C@H]3[C@H]2CO)c2ccccn2)cc(I)c1O. The van der Waals surface area contributed by atoms with Crippen LogP contribution >= 0.6 is 22.6 Å². The second-order valence-corrected chi connectivity index (χ2v) is 14.5. The van der Waals surface area contributed by atoms with Crippen molar-refractivity contribution in [2.24, 2.45) is 23.7 Å². The number of halogens is 1. The molecule has 264 valence electrons. The van der Waals surface area contributed by atoms with Crippen molar-refractivity contribution in [1.82, 2.24) is 4.98 Å². The maximum Gasteiger partial charge on any atom is 0.238 e. The molecule has 10 heteroatoms. The molecule has 0 bridgehead atoms. The highest BCUT2D eigenvalue weighted by atomic mass is 127. The van der Waals surface area contributed by atoms with Gasteiger partial charge in [0.2, 0.25) is 11.8 Å². The lowest BCUT2D eigenvalue weighted by atomic mass is 9.66. The van der Waals surface area contributed by atoms with Crippen LogP contribution in [0.5, 0.6) is 11.5 Å². The van der Waals surface area contributed by atoms with Gasteiger partial charge in [0.25, 0.3) is 0 Å². The number of anilines is 3. The van der Waals surface area contributed by atoms with Crippen molar-refractivity contribution in [3.8, 4) is 11.5 Å². The number of methoxy groups -OCH3 is 1. The van der Waals surface area contributed by atoms with E-state index in [1.807, 2.05) is 86.7 Å². The van der Waals surface area contributed by atoms with Crippen molar-refractivity contribution in [2.45, 2.75) is 39.2 Å². The Bertz CT molecular complexity index is 1950. The molecule has 4 atom stereocenters. The third kappa shape index (κ3) is 7.58. The number of allylic oxidation sites excluding steroid dienone is 2. The Morgan fingerprint density at radius 2 is 1.73 bits per heavy atom. The number of aromatic nitrogens is 1. The molecule has 0 saturated carbocycles. The molecular weight excluding hydrogens is 757 g/mol. The zero-order valence-electron chi connectivity index (χ0n) is 28.8. The molecule has 2 aliphatic rings. The fourth-order valence-corrected chi connectivity index (χ4v) is 8.01. The Labute approximate surface area is 311 Å². The quantitative estimate of drug-likeness (QED) is 0.0655. The minimum Gasteiger partial charge on any atom is -0.504 e. The van der Waals surface area contributed by atoms with Crippen molar-refractivity contribution in [2.75, 3.05) is 23.9 Å². The van der Waals surface area contributed by atoms with Crippen LogP contribution in [0.3, 0.4) is 0 Å². The van der Waals surface area contributed by atoms with Gasteiger partial charge in [0.05, 0.1) is 46.6 Å². The van der Waals surface area contributed by atoms with Gasteiger partial charge in [-0.2, -0.15) is 0 Å². The fraction of sp³-hybridized carbons (Fsp3) is 0.293. The van der Waals surface area contributed by atoms with Gasteiger partial charge in [-0.3, -0.25) is 19.5 Å². The number of phenols is 1. The van der Waals surface area contributed by atoms with Crippen molar-refractivity contribution in [3.63, 3.8) is 0 Å². The molecule has 2 heterocycles. The fourth-order valence-electron chi connectivity index (χ4n) is 7.39. The van der Waals surface area contributed by atoms with Gasteiger partial charge >= 0.3 is 0 Å². The van der Waals surface area contributed by atoms with Gasteiger partial charge in [-0.15, -0.1) is 0 Å². The second-order valence-electron chi connectivity index (χ2n) is 13.3. The number of aromatic hydroxyl groups is 1. The van der Waals surface area contributed by atoms with Crippen LogP contribution < -0.4 is 15.0 Å². The van der Waals surface area contributed by atoms with Crippen molar-refractivity contribution in [1.29, 1.82) is 0 Å². The molecule has 4 aromatic rings. The number of imide groups is 1. The normalized spacial score (nSPS) is 19.8. The summed E-state index contributed by atoms with van der Waals surface area (Å²) in [5.74, 6) is -2.34. The third-order valence-electron chi connectivity index (χ3n) is 9.85. The number of carbonyl (C=O) groups excluding carboxylic acids is 2. The molecule has 1 aliphatic carbocycles. The number of carbonyl (C=O) groups is 2. The zero-order valence-corrected chi connectivity index (χ0v) is 30.9. The maximum atomic E-state index is 14.1. The Morgan fingerprint density at radius 3 is 2.37 bits per heavy atom. The van der Waals surface area contributed by atoms with E-state index in [1.165, 1.54) is 12.0 Å². The largest absolute Gasteiger partial charge is 0.504 e. The van der Waals surface area contributed by atoms with Crippen LogP contribution in [0.2, 0.25) is 0 Å². The number of para-hydroxylation sites is 1. The first-order valence-electron chi connectivity index (χ1n) is 17.1. The summed E-state index contributed by atoms with van der Waals surface area (Å²) in [6, 6.07) is 26.2. The molecule has 1 aromatic heterocycles. The molecular formula is C41H42IN3O6. The summed E-state index contributed by atoms with van der Waals surface area (Å²) in [5, 5.41) is 36.5. The zero-order chi connectivity index (χ0) is 36.2. The van der Waals surface area contributed by atoms with Gasteiger partial charge in [0.1, 0.15) is 0 Å². The minimum absolute atomic E-state index is 0.0118. The second kappa shape index (κ2) is 15.8. The molecule has 6 rings (SSSR count). The van der Waals surface area contributed by atoms with Crippen LogP contribution in [0.25, 0.3) is 11.6 Å². The van der Waals surface area contributed by atoms with Crippen molar-refractivity contribution in [3.05, 3.63) is 117 Å². The summed E-state index contributed by atoms with van der Waals surface area (Å²) in [6.45, 7) is 3.67. The van der Waals surface area contributed by atoms with Crippen LogP contribution in [-0.2, 0) is 9.59 Å². The van der Waals surface area contributed by atoms with E-state index in [0.717, 1.165) is 33.8 Å². The predicted molar refractivity (Wildman–Crippen MR) is 207 cm³/mol. The lowest BCUT2D eigenvalue weighted by Crippen LogP contribution is -2.39. The number of amides is 2. The van der Waals surface area contributed by atoms with Crippen LogP contribution in [-0.4, -0.2) is 51.9 Å². The number of aliphatic hydroxyl groups is 2. The average molecular weight is 800 g/mol. The highest BCUT2D eigenvalue weighted by Gasteiger charge is 2.55. The number of phenolic OH excluding ortho intramolecular Hbond substituents is 1. The number of hydrogen-bond donors (Lipinski definition) is 4. The smallest absolute Gasteiger partial charge is 0.238 e. The number of ether oxygens (including phenoxy) is 1. The Morgan fingerprint density at radius 1 is 1.02 bits per heavy atom. The van der Waals surface area contributed by atoms with Crippen LogP contribution in [0.1, 0.15) is 44.4 Å². The summed E-state index contributed by atoms with van der Waals surface area (Å²) in [7, 11) is 1.50. The van der Waals surface area contributed by atoms with Gasteiger partial charge in [-0.25, -0.2) is 0 Å². The number of fused-ring (bicyclic) bond motifs is 1. The molecule has 1 fully saturated rings. The molecule has 2 amide bonds. The third-order valence-corrected chi connectivity index (χ3v) is 10.7. The molecule has 51 heavy (non-hydrogen) atoms. The van der Waals surface area contributed by atoms with E-state index in [1.54, 1.807) is 24.4 Å². The van der Waals surface area contributed by atoms with Crippen LogP contribution in [0.4, 0.5) is 17.1 Å². The van der Waals surface area contributed by atoms with E-state index >= 15 is 0 Å². The molecule has 3 aromatic carbocycles. The molecule has 9 nitrogen and oxygen atoms in total. The first-order chi connectivity index (χ1) is 24.6. The van der Waals surface area contributed by atoms with Gasteiger partial charge in [0.15, 0.2) is 11.5 Å². The van der Waals surface area contributed by atoms with Crippen LogP contribution in [0.15, 0.2) is 102 Å². The number of aliphatic hydroxyl groups excluding tert-OH is 2. The number of nitrogens with zero attached hydrogens (tertiary/aromatic N) is 2.